The van der Waals surface area contributed by atoms with Crippen LogP contribution in [0.4, 0.5) is 0 Å². The summed E-state index contributed by atoms with van der Waals surface area (Å²) in [7, 11) is 0. The van der Waals surface area contributed by atoms with Gasteiger partial charge in [-0.25, -0.2) is 0 Å². The van der Waals surface area contributed by atoms with E-state index in [-0.39, 0.29) is 50.4 Å². The van der Waals surface area contributed by atoms with E-state index in [0.29, 0.717) is 36.0 Å². The lowest BCUT2D eigenvalue weighted by Crippen LogP contribution is -2.55. The van der Waals surface area contributed by atoms with Crippen molar-refractivity contribution in [1.29, 1.82) is 0 Å². The summed E-state index contributed by atoms with van der Waals surface area (Å²) < 4.78 is 0. The van der Waals surface area contributed by atoms with Crippen molar-refractivity contribution in [2.75, 3.05) is 6.54 Å². The van der Waals surface area contributed by atoms with Gasteiger partial charge in [0.1, 0.15) is 18.1 Å². The van der Waals surface area contributed by atoms with Crippen molar-refractivity contribution >= 4 is 47.0 Å². The second kappa shape index (κ2) is 21.3. The molecular formula is C41H52N6O8. The number of hydrogen-bond acceptors (Lipinski definition) is 8. The van der Waals surface area contributed by atoms with Crippen molar-refractivity contribution in [2.24, 2.45) is 23.3 Å². The zero-order valence-electron chi connectivity index (χ0n) is 31.1. The SMILES string of the molecule is NC(=O)CCC1CC(=O)C=CC(=O)NC(C(N)=O)CCCCNC(=O)C(Cc2ccc(C(=O)c3ccccc3)cc2)NC(=O)C(CC2CCCCC2)NC1=O. The first kappa shape index (κ1) is 42.1. The predicted octanol–water partition coefficient (Wildman–Crippen LogP) is 2.07. The van der Waals surface area contributed by atoms with Crippen LogP contribution in [0.25, 0.3) is 0 Å². The van der Waals surface area contributed by atoms with Gasteiger partial charge in [-0.2, -0.15) is 0 Å². The molecule has 1 aliphatic heterocycles. The van der Waals surface area contributed by atoms with E-state index >= 15 is 0 Å². The summed E-state index contributed by atoms with van der Waals surface area (Å²) >= 11 is 0. The zero-order chi connectivity index (χ0) is 39.7. The number of carbonyl (C=O) groups is 8. The number of ketones is 2. The second-order valence-electron chi connectivity index (χ2n) is 14.4. The third-order valence-corrected chi connectivity index (χ3v) is 10.1. The number of carbonyl (C=O) groups excluding carboxylic acids is 8. The van der Waals surface area contributed by atoms with Crippen LogP contribution in [0.15, 0.2) is 66.7 Å². The molecule has 0 spiro atoms. The number of primary amides is 2. The van der Waals surface area contributed by atoms with Gasteiger partial charge in [-0.1, -0.05) is 86.7 Å². The molecule has 1 heterocycles. The zero-order valence-corrected chi connectivity index (χ0v) is 31.1. The molecule has 1 fully saturated rings. The molecule has 0 saturated heterocycles. The molecule has 4 atom stereocenters. The molecule has 2 aromatic carbocycles. The molecular weight excluding hydrogens is 704 g/mol. The van der Waals surface area contributed by atoms with Crippen molar-refractivity contribution in [1.82, 2.24) is 21.3 Å². The van der Waals surface area contributed by atoms with Crippen LogP contribution in [-0.4, -0.2) is 71.7 Å². The van der Waals surface area contributed by atoms with E-state index in [1.165, 1.54) is 0 Å². The summed E-state index contributed by atoms with van der Waals surface area (Å²) in [6.07, 6.45) is 7.42. The molecule has 294 valence electrons. The van der Waals surface area contributed by atoms with E-state index in [1.807, 2.05) is 6.07 Å². The van der Waals surface area contributed by atoms with Crippen LogP contribution in [-0.2, 0) is 40.0 Å². The standard InChI is InChI=1S/C41H52N6O8/c42-35(49)20-18-30-25-31(48)19-21-36(50)45-32(38(43)52)13-7-8-22-44-40(54)33(47-41(55)34(46-39(30)53)23-26-9-3-1-4-10-26)24-27-14-16-29(17-15-27)37(51)28-11-5-2-6-12-28/h2,5-6,11-12,14-17,19,21,26,30,32-34H,1,3-4,7-10,13,18,20,22-25H2,(H2,42,49)(H2,43,52)(H,44,54)(H,45,50)(H,46,53)(H,47,55). The summed E-state index contributed by atoms with van der Waals surface area (Å²) in [6.45, 7) is 0.188. The molecule has 4 unspecified atom stereocenters. The Labute approximate surface area is 321 Å². The van der Waals surface area contributed by atoms with Crippen LogP contribution in [0, 0.1) is 11.8 Å². The minimum Gasteiger partial charge on any atom is -0.370 e. The van der Waals surface area contributed by atoms with Gasteiger partial charge in [0.25, 0.3) is 0 Å². The molecule has 14 nitrogen and oxygen atoms in total. The number of amides is 6. The lowest BCUT2D eigenvalue weighted by molar-refractivity contribution is -0.134. The second-order valence-corrected chi connectivity index (χ2v) is 14.4. The third kappa shape index (κ3) is 13.9. The van der Waals surface area contributed by atoms with Crippen molar-refractivity contribution in [3.8, 4) is 0 Å². The van der Waals surface area contributed by atoms with Gasteiger partial charge in [0, 0.05) is 48.9 Å². The first-order valence-electron chi connectivity index (χ1n) is 19.1. The highest BCUT2D eigenvalue weighted by atomic mass is 16.2. The Morgan fingerprint density at radius 1 is 0.673 bits per heavy atom. The molecule has 1 aliphatic carbocycles. The normalized spacial score (nSPS) is 22.7. The predicted molar refractivity (Wildman–Crippen MR) is 204 cm³/mol. The monoisotopic (exact) mass is 756 g/mol. The lowest BCUT2D eigenvalue weighted by Gasteiger charge is -2.29. The summed E-state index contributed by atoms with van der Waals surface area (Å²) in [5, 5.41) is 11.0. The van der Waals surface area contributed by atoms with Crippen LogP contribution < -0.4 is 32.7 Å². The number of allylic oxidation sites excluding steroid dienone is 1. The van der Waals surface area contributed by atoms with Crippen LogP contribution in [0.3, 0.4) is 0 Å². The minimum atomic E-state index is -1.07. The quantitative estimate of drug-likeness (QED) is 0.196. The minimum absolute atomic E-state index is 0.0688. The number of nitrogens with one attached hydrogen (secondary N) is 4. The third-order valence-electron chi connectivity index (χ3n) is 10.1. The molecule has 14 heteroatoms. The molecule has 0 radical (unpaired) electrons. The molecule has 4 rings (SSSR count). The van der Waals surface area contributed by atoms with Crippen molar-refractivity contribution in [3.63, 3.8) is 0 Å². The fourth-order valence-corrected chi connectivity index (χ4v) is 6.98. The Kier molecular flexibility index (Phi) is 16.3. The largest absolute Gasteiger partial charge is 0.370 e. The Hall–Kier alpha value is -5.66. The Morgan fingerprint density at radius 2 is 1.33 bits per heavy atom. The van der Waals surface area contributed by atoms with Gasteiger partial charge in [0.05, 0.1) is 0 Å². The maximum absolute atomic E-state index is 14.1. The molecule has 0 aromatic heterocycles. The van der Waals surface area contributed by atoms with Crippen LogP contribution in [0.2, 0.25) is 0 Å². The number of rotatable bonds is 10. The average Bonchev–Trinajstić information content (AvgIpc) is 3.17. The van der Waals surface area contributed by atoms with Gasteiger partial charge < -0.3 is 32.7 Å². The topological polar surface area (TPSA) is 237 Å². The number of hydrogen-bond donors (Lipinski definition) is 6. The molecule has 2 aromatic rings. The Morgan fingerprint density at radius 3 is 2.00 bits per heavy atom. The van der Waals surface area contributed by atoms with E-state index in [2.05, 4.69) is 21.3 Å². The first-order valence-corrected chi connectivity index (χ1v) is 19.1. The van der Waals surface area contributed by atoms with E-state index in [1.54, 1.807) is 48.5 Å². The summed E-state index contributed by atoms with van der Waals surface area (Å²) in [5.41, 5.74) is 12.5. The smallest absolute Gasteiger partial charge is 0.244 e. The summed E-state index contributed by atoms with van der Waals surface area (Å²) in [5.74, 6) is -5.57. The summed E-state index contributed by atoms with van der Waals surface area (Å²) in [6, 6.07) is 12.4. The van der Waals surface area contributed by atoms with Crippen molar-refractivity contribution in [2.45, 2.75) is 102 Å². The van der Waals surface area contributed by atoms with Gasteiger partial charge in [-0.05, 0) is 49.7 Å². The molecule has 1 saturated carbocycles. The van der Waals surface area contributed by atoms with E-state index in [0.717, 1.165) is 44.3 Å². The van der Waals surface area contributed by atoms with E-state index in [4.69, 9.17) is 11.5 Å². The van der Waals surface area contributed by atoms with E-state index in [9.17, 15) is 38.4 Å². The fraction of sp³-hybridized carbons (Fsp3) is 0.463. The van der Waals surface area contributed by atoms with E-state index < -0.39 is 65.3 Å². The van der Waals surface area contributed by atoms with Crippen LogP contribution in [0.1, 0.15) is 98.5 Å². The Balaban J connectivity index is 1.62. The van der Waals surface area contributed by atoms with Gasteiger partial charge in [0.2, 0.25) is 35.4 Å². The van der Waals surface area contributed by atoms with Crippen molar-refractivity contribution in [3.05, 3.63) is 83.4 Å². The van der Waals surface area contributed by atoms with Gasteiger partial charge in [0.15, 0.2) is 11.6 Å². The highest BCUT2D eigenvalue weighted by Crippen LogP contribution is 2.28. The van der Waals surface area contributed by atoms with Crippen LogP contribution >= 0.6 is 0 Å². The molecule has 55 heavy (non-hydrogen) atoms. The number of nitrogens with two attached hydrogens (primary N) is 2. The van der Waals surface area contributed by atoms with Crippen LogP contribution in [0.5, 0.6) is 0 Å². The van der Waals surface area contributed by atoms with Gasteiger partial charge in [-0.3, -0.25) is 38.4 Å². The maximum atomic E-state index is 14.1. The fourth-order valence-electron chi connectivity index (χ4n) is 6.98. The average molecular weight is 757 g/mol. The molecule has 6 amide bonds. The van der Waals surface area contributed by atoms with Gasteiger partial charge in [-0.15, -0.1) is 0 Å². The highest BCUT2D eigenvalue weighted by molar-refractivity contribution is 6.09. The highest BCUT2D eigenvalue weighted by Gasteiger charge is 2.32. The van der Waals surface area contributed by atoms with Crippen molar-refractivity contribution < 1.29 is 38.4 Å². The van der Waals surface area contributed by atoms with Gasteiger partial charge >= 0.3 is 0 Å². The lowest BCUT2D eigenvalue weighted by atomic mass is 9.84. The summed E-state index contributed by atoms with van der Waals surface area (Å²) in [4.78, 5) is 104. The first-order chi connectivity index (χ1) is 26.4. The molecule has 8 N–H and O–H groups in total. The molecule has 2 aliphatic rings. The maximum Gasteiger partial charge on any atom is 0.244 e. The molecule has 0 bridgehead atoms. The Bertz CT molecular complexity index is 1720. The number of benzene rings is 2.